The standard InChI is InChI=1S/C11H19N3O3/c1-16-7-5-14-10(8-15)12-13-11(14)9-4-2-3-6-17-9/h9,15H,2-8H2,1H3. The summed E-state index contributed by atoms with van der Waals surface area (Å²) in [6, 6.07) is 0. The summed E-state index contributed by atoms with van der Waals surface area (Å²) >= 11 is 0. The number of methoxy groups -OCH3 is 1. The fraction of sp³-hybridized carbons (Fsp3) is 0.818. The van der Waals surface area contributed by atoms with E-state index in [-0.39, 0.29) is 12.7 Å². The molecule has 17 heavy (non-hydrogen) atoms. The second kappa shape index (κ2) is 6.09. The number of nitrogens with zero attached hydrogens (tertiary/aromatic N) is 3. The molecule has 0 radical (unpaired) electrons. The Kier molecular flexibility index (Phi) is 4.47. The largest absolute Gasteiger partial charge is 0.388 e. The molecule has 2 heterocycles. The molecular weight excluding hydrogens is 222 g/mol. The minimum atomic E-state index is -0.108. The number of hydrogen-bond acceptors (Lipinski definition) is 5. The molecule has 2 rings (SSSR count). The van der Waals surface area contributed by atoms with Crippen LogP contribution in [0.5, 0.6) is 0 Å². The van der Waals surface area contributed by atoms with Crippen LogP contribution in [-0.2, 0) is 22.6 Å². The van der Waals surface area contributed by atoms with E-state index in [0.717, 1.165) is 31.7 Å². The first-order chi connectivity index (χ1) is 8.36. The number of rotatable bonds is 5. The predicted octanol–water partition coefficient (Wildman–Crippen LogP) is 0.658. The van der Waals surface area contributed by atoms with Gasteiger partial charge in [-0.2, -0.15) is 0 Å². The molecule has 1 aliphatic heterocycles. The van der Waals surface area contributed by atoms with Crippen LogP contribution >= 0.6 is 0 Å². The molecule has 0 aliphatic carbocycles. The van der Waals surface area contributed by atoms with Crippen molar-refractivity contribution in [3.05, 3.63) is 11.6 Å². The smallest absolute Gasteiger partial charge is 0.162 e. The molecule has 0 saturated carbocycles. The molecule has 0 spiro atoms. The minimum absolute atomic E-state index is 0.00778. The van der Waals surface area contributed by atoms with Gasteiger partial charge in [0, 0.05) is 20.3 Å². The molecule has 6 heteroatoms. The van der Waals surface area contributed by atoms with Crippen LogP contribution in [0, 0.1) is 0 Å². The monoisotopic (exact) mass is 241 g/mol. The van der Waals surface area contributed by atoms with Gasteiger partial charge in [-0.15, -0.1) is 10.2 Å². The SMILES string of the molecule is COCCn1c(CO)nnc1C1CCCCO1. The second-order valence-electron chi connectivity index (χ2n) is 4.13. The Morgan fingerprint density at radius 1 is 1.47 bits per heavy atom. The summed E-state index contributed by atoms with van der Waals surface area (Å²) in [6.45, 7) is 1.89. The Morgan fingerprint density at radius 2 is 2.35 bits per heavy atom. The van der Waals surface area contributed by atoms with E-state index in [9.17, 15) is 5.11 Å². The fourth-order valence-electron chi connectivity index (χ4n) is 2.07. The Morgan fingerprint density at radius 3 is 3.00 bits per heavy atom. The zero-order valence-electron chi connectivity index (χ0n) is 10.1. The lowest BCUT2D eigenvalue weighted by molar-refractivity contribution is 0.00628. The summed E-state index contributed by atoms with van der Waals surface area (Å²) in [6.07, 6.45) is 3.23. The average molecular weight is 241 g/mol. The van der Waals surface area contributed by atoms with Crippen molar-refractivity contribution in [2.24, 2.45) is 0 Å². The third-order valence-electron chi connectivity index (χ3n) is 2.98. The Hall–Kier alpha value is -0.980. The zero-order valence-corrected chi connectivity index (χ0v) is 10.1. The summed E-state index contributed by atoms with van der Waals surface area (Å²) in [7, 11) is 1.65. The van der Waals surface area contributed by atoms with Crippen molar-refractivity contribution >= 4 is 0 Å². The molecule has 0 amide bonds. The first kappa shape index (κ1) is 12.5. The van der Waals surface area contributed by atoms with Crippen molar-refractivity contribution in [1.29, 1.82) is 0 Å². The summed E-state index contributed by atoms with van der Waals surface area (Å²) in [5, 5.41) is 17.4. The maximum atomic E-state index is 9.22. The van der Waals surface area contributed by atoms with E-state index in [1.54, 1.807) is 7.11 Å². The third kappa shape index (κ3) is 2.83. The second-order valence-corrected chi connectivity index (χ2v) is 4.13. The molecular formula is C11H19N3O3. The molecule has 1 aliphatic rings. The molecule has 1 atom stereocenters. The van der Waals surface area contributed by atoms with Crippen LogP contribution in [0.25, 0.3) is 0 Å². The summed E-state index contributed by atoms with van der Waals surface area (Å²) in [4.78, 5) is 0. The highest BCUT2D eigenvalue weighted by atomic mass is 16.5. The van der Waals surface area contributed by atoms with Gasteiger partial charge in [0.15, 0.2) is 11.6 Å². The van der Waals surface area contributed by atoms with E-state index >= 15 is 0 Å². The third-order valence-corrected chi connectivity index (χ3v) is 2.98. The maximum absolute atomic E-state index is 9.22. The minimum Gasteiger partial charge on any atom is -0.388 e. The van der Waals surface area contributed by atoms with E-state index in [2.05, 4.69) is 10.2 Å². The lowest BCUT2D eigenvalue weighted by Gasteiger charge is -2.22. The van der Waals surface area contributed by atoms with Gasteiger partial charge >= 0.3 is 0 Å². The molecule has 1 aromatic rings. The quantitative estimate of drug-likeness (QED) is 0.820. The van der Waals surface area contributed by atoms with E-state index in [1.165, 1.54) is 0 Å². The lowest BCUT2D eigenvalue weighted by atomic mass is 10.1. The molecule has 1 N–H and O–H groups in total. The number of aromatic nitrogens is 3. The van der Waals surface area contributed by atoms with Gasteiger partial charge in [-0.1, -0.05) is 0 Å². The van der Waals surface area contributed by atoms with Gasteiger partial charge < -0.3 is 19.1 Å². The van der Waals surface area contributed by atoms with Crippen LogP contribution < -0.4 is 0 Å². The molecule has 96 valence electrons. The summed E-state index contributed by atoms with van der Waals surface area (Å²) in [5.41, 5.74) is 0. The maximum Gasteiger partial charge on any atom is 0.162 e. The number of aliphatic hydroxyl groups is 1. The lowest BCUT2D eigenvalue weighted by Crippen LogP contribution is -2.19. The van der Waals surface area contributed by atoms with Crippen LogP contribution in [0.3, 0.4) is 0 Å². The van der Waals surface area contributed by atoms with Crippen molar-refractivity contribution in [2.75, 3.05) is 20.3 Å². The van der Waals surface area contributed by atoms with Gasteiger partial charge in [-0.25, -0.2) is 0 Å². The molecule has 1 saturated heterocycles. The topological polar surface area (TPSA) is 69.4 Å². The van der Waals surface area contributed by atoms with Crippen LogP contribution in [0.15, 0.2) is 0 Å². The van der Waals surface area contributed by atoms with Crippen LogP contribution in [0.2, 0.25) is 0 Å². The van der Waals surface area contributed by atoms with Crippen molar-refractivity contribution in [2.45, 2.75) is 38.5 Å². The van der Waals surface area contributed by atoms with Crippen molar-refractivity contribution < 1.29 is 14.6 Å². The van der Waals surface area contributed by atoms with Gasteiger partial charge in [0.1, 0.15) is 12.7 Å². The molecule has 1 aromatic heterocycles. The van der Waals surface area contributed by atoms with Gasteiger partial charge in [0.25, 0.3) is 0 Å². The average Bonchev–Trinajstić information content (AvgIpc) is 2.80. The first-order valence-electron chi connectivity index (χ1n) is 6.00. The van der Waals surface area contributed by atoms with E-state index in [0.29, 0.717) is 19.0 Å². The Bertz CT molecular complexity index is 348. The van der Waals surface area contributed by atoms with Gasteiger partial charge in [-0.3, -0.25) is 0 Å². The molecule has 1 unspecified atom stereocenters. The Labute approximate surface area is 101 Å². The van der Waals surface area contributed by atoms with Gasteiger partial charge in [-0.05, 0) is 19.3 Å². The van der Waals surface area contributed by atoms with Gasteiger partial charge in [0.05, 0.1) is 6.61 Å². The summed E-state index contributed by atoms with van der Waals surface area (Å²) in [5.74, 6) is 1.39. The highest BCUT2D eigenvalue weighted by Crippen LogP contribution is 2.26. The number of ether oxygens (including phenoxy) is 2. The molecule has 0 bridgehead atoms. The van der Waals surface area contributed by atoms with Crippen LogP contribution in [-0.4, -0.2) is 40.2 Å². The van der Waals surface area contributed by atoms with Gasteiger partial charge in [0.2, 0.25) is 0 Å². The predicted molar refractivity (Wildman–Crippen MR) is 60.4 cm³/mol. The molecule has 6 nitrogen and oxygen atoms in total. The fourth-order valence-corrected chi connectivity index (χ4v) is 2.07. The van der Waals surface area contributed by atoms with Crippen LogP contribution in [0.4, 0.5) is 0 Å². The Balaban J connectivity index is 2.16. The number of hydrogen-bond donors (Lipinski definition) is 1. The van der Waals surface area contributed by atoms with E-state index in [1.807, 2.05) is 4.57 Å². The zero-order chi connectivity index (χ0) is 12.1. The first-order valence-corrected chi connectivity index (χ1v) is 6.00. The van der Waals surface area contributed by atoms with Crippen LogP contribution in [0.1, 0.15) is 37.0 Å². The highest BCUT2D eigenvalue weighted by molar-refractivity contribution is 4.99. The van der Waals surface area contributed by atoms with E-state index < -0.39 is 0 Å². The number of aliphatic hydroxyl groups excluding tert-OH is 1. The van der Waals surface area contributed by atoms with E-state index in [4.69, 9.17) is 9.47 Å². The normalized spacial score (nSPS) is 20.7. The van der Waals surface area contributed by atoms with Crippen molar-refractivity contribution in [1.82, 2.24) is 14.8 Å². The summed E-state index contributed by atoms with van der Waals surface area (Å²) < 4.78 is 12.7. The van der Waals surface area contributed by atoms with Crippen molar-refractivity contribution in [3.8, 4) is 0 Å². The molecule has 1 fully saturated rings. The highest BCUT2D eigenvalue weighted by Gasteiger charge is 2.23. The molecule has 0 aromatic carbocycles. The van der Waals surface area contributed by atoms with Crippen molar-refractivity contribution in [3.63, 3.8) is 0 Å².